The van der Waals surface area contributed by atoms with Crippen LogP contribution in [-0.4, -0.2) is 9.97 Å². The normalized spacial score (nSPS) is 9.56. The molecule has 0 amide bonds. The third-order valence-corrected chi connectivity index (χ3v) is 2.58. The highest BCUT2D eigenvalue weighted by atomic mass is 35.5. The molecule has 0 unspecified atom stereocenters. The molecular formula is C15H19ClN2. The first-order chi connectivity index (χ1) is 8.74. The van der Waals surface area contributed by atoms with Crippen molar-refractivity contribution in [2.45, 2.75) is 33.6 Å². The molecule has 0 N–H and O–H groups in total. The molecule has 2 rings (SSSR count). The summed E-state index contributed by atoms with van der Waals surface area (Å²) in [5.74, 6) is 0. The Morgan fingerprint density at radius 2 is 1.61 bits per heavy atom. The summed E-state index contributed by atoms with van der Waals surface area (Å²) in [7, 11) is 0. The first-order valence-corrected chi connectivity index (χ1v) is 6.67. The minimum absolute atomic E-state index is 0.457. The minimum atomic E-state index is 0.457. The summed E-state index contributed by atoms with van der Waals surface area (Å²) in [6.45, 7) is 6.36. The number of aromatic nitrogens is 2. The lowest BCUT2D eigenvalue weighted by Gasteiger charge is -2.07. The lowest BCUT2D eigenvalue weighted by atomic mass is 10.0. The molecule has 96 valence electrons. The predicted molar refractivity (Wildman–Crippen MR) is 77.8 cm³/mol. The van der Waals surface area contributed by atoms with Gasteiger partial charge in [-0.1, -0.05) is 63.1 Å². The van der Waals surface area contributed by atoms with Crippen molar-refractivity contribution in [2.24, 2.45) is 0 Å². The molecule has 0 aliphatic rings. The molecule has 0 aliphatic heterocycles. The summed E-state index contributed by atoms with van der Waals surface area (Å²) >= 11 is 6.01. The second-order valence-corrected chi connectivity index (χ2v) is 4.27. The topological polar surface area (TPSA) is 25.8 Å². The maximum atomic E-state index is 6.01. The highest BCUT2D eigenvalue weighted by molar-refractivity contribution is 6.31. The molecule has 0 aliphatic carbocycles. The van der Waals surface area contributed by atoms with Gasteiger partial charge in [0.15, 0.2) is 5.15 Å². The maximum absolute atomic E-state index is 6.01. The zero-order valence-corrected chi connectivity index (χ0v) is 11.9. The Kier molecular flexibility index (Phi) is 6.37. The van der Waals surface area contributed by atoms with Crippen LogP contribution in [-0.2, 0) is 6.42 Å². The molecule has 3 heteroatoms. The van der Waals surface area contributed by atoms with E-state index in [4.69, 9.17) is 11.6 Å². The van der Waals surface area contributed by atoms with Gasteiger partial charge >= 0.3 is 0 Å². The van der Waals surface area contributed by atoms with E-state index >= 15 is 0 Å². The van der Waals surface area contributed by atoms with Crippen LogP contribution in [0.4, 0.5) is 0 Å². The van der Waals surface area contributed by atoms with Gasteiger partial charge in [0.2, 0.25) is 0 Å². The van der Waals surface area contributed by atoms with Crippen LogP contribution in [0.2, 0.25) is 5.15 Å². The van der Waals surface area contributed by atoms with Crippen LogP contribution >= 0.6 is 11.6 Å². The Bertz CT molecular complexity index is 483. The van der Waals surface area contributed by atoms with Crippen LogP contribution in [0, 0.1) is 0 Å². The summed E-state index contributed by atoms with van der Waals surface area (Å²) in [5, 5.41) is 0.457. The smallest absolute Gasteiger partial charge is 0.155 e. The summed E-state index contributed by atoms with van der Waals surface area (Å²) in [6.07, 6.45) is 5.47. The fourth-order valence-corrected chi connectivity index (χ4v) is 1.77. The van der Waals surface area contributed by atoms with Gasteiger partial charge in [-0.25, -0.2) is 4.98 Å². The number of nitrogens with zero attached hydrogens (tertiary/aromatic N) is 2. The van der Waals surface area contributed by atoms with Crippen molar-refractivity contribution in [3.8, 4) is 11.3 Å². The van der Waals surface area contributed by atoms with Gasteiger partial charge in [0.25, 0.3) is 0 Å². The van der Waals surface area contributed by atoms with Crippen molar-refractivity contribution in [3.05, 3.63) is 47.4 Å². The summed E-state index contributed by atoms with van der Waals surface area (Å²) in [4.78, 5) is 8.30. The van der Waals surface area contributed by atoms with E-state index in [-0.39, 0.29) is 0 Å². The third-order valence-electron chi connectivity index (χ3n) is 2.31. The van der Waals surface area contributed by atoms with Crippen LogP contribution in [0.1, 0.15) is 32.8 Å². The number of hydrogen-bond donors (Lipinski definition) is 0. The third kappa shape index (κ3) is 3.81. The van der Waals surface area contributed by atoms with Crippen LogP contribution in [0.25, 0.3) is 11.3 Å². The van der Waals surface area contributed by atoms with Gasteiger partial charge in [0.05, 0.1) is 0 Å². The number of aryl methyl sites for hydroxylation is 1. The van der Waals surface area contributed by atoms with Gasteiger partial charge in [-0.2, -0.15) is 0 Å². The van der Waals surface area contributed by atoms with Crippen molar-refractivity contribution in [3.63, 3.8) is 0 Å². The Morgan fingerprint density at radius 3 is 2.22 bits per heavy atom. The van der Waals surface area contributed by atoms with Gasteiger partial charge in [-0.05, 0) is 12.0 Å². The fraction of sp³-hybridized carbons (Fsp3) is 0.333. The molecule has 0 fully saturated rings. The number of rotatable bonds is 2. The molecule has 2 aromatic rings. The summed E-state index contributed by atoms with van der Waals surface area (Å²) in [6, 6.07) is 8.11. The Morgan fingerprint density at radius 1 is 1.00 bits per heavy atom. The van der Waals surface area contributed by atoms with Crippen molar-refractivity contribution >= 4 is 11.6 Å². The lowest BCUT2D eigenvalue weighted by Crippen LogP contribution is -1.92. The van der Waals surface area contributed by atoms with Gasteiger partial charge in [-0.15, -0.1) is 0 Å². The quantitative estimate of drug-likeness (QED) is 0.779. The van der Waals surface area contributed by atoms with E-state index in [9.17, 15) is 0 Å². The molecule has 0 radical (unpaired) electrons. The minimum Gasteiger partial charge on any atom is -0.251 e. The summed E-state index contributed by atoms with van der Waals surface area (Å²) < 4.78 is 0. The SMILES string of the molecule is CCC.CCc1ccccc1-c1nccnc1Cl. The number of hydrogen-bond acceptors (Lipinski definition) is 2. The molecule has 1 heterocycles. The van der Waals surface area contributed by atoms with E-state index in [0.29, 0.717) is 5.15 Å². The molecule has 2 nitrogen and oxygen atoms in total. The molecule has 0 saturated carbocycles. The fourth-order valence-electron chi connectivity index (χ4n) is 1.56. The second-order valence-electron chi connectivity index (χ2n) is 3.91. The monoisotopic (exact) mass is 262 g/mol. The molecule has 0 bridgehead atoms. The van der Waals surface area contributed by atoms with Crippen molar-refractivity contribution in [2.75, 3.05) is 0 Å². The second kappa shape index (κ2) is 7.83. The average Bonchev–Trinajstić information content (AvgIpc) is 2.40. The van der Waals surface area contributed by atoms with Gasteiger partial charge in [-0.3, -0.25) is 4.98 Å². The van der Waals surface area contributed by atoms with Crippen LogP contribution in [0.15, 0.2) is 36.7 Å². The summed E-state index contributed by atoms with van der Waals surface area (Å²) in [5.41, 5.74) is 3.06. The highest BCUT2D eigenvalue weighted by Crippen LogP contribution is 2.26. The maximum Gasteiger partial charge on any atom is 0.155 e. The zero-order valence-electron chi connectivity index (χ0n) is 11.2. The Balaban J connectivity index is 0.000000492. The van der Waals surface area contributed by atoms with Gasteiger partial charge in [0, 0.05) is 18.0 Å². The molecule has 0 atom stereocenters. The first kappa shape index (κ1) is 14.7. The predicted octanol–water partition coefficient (Wildman–Crippen LogP) is 4.78. The van der Waals surface area contributed by atoms with E-state index in [2.05, 4.69) is 36.8 Å². The van der Waals surface area contributed by atoms with Crippen LogP contribution < -0.4 is 0 Å². The van der Waals surface area contributed by atoms with E-state index < -0.39 is 0 Å². The Hall–Kier alpha value is -1.41. The molecule has 0 saturated heterocycles. The molecular weight excluding hydrogens is 244 g/mol. The molecule has 0 spiro atoms. The highest BCUT2D eigenvalue weighted by Gasteiger charge is 2.08. The van der Waals surface area contributed by atoms with E-state index in [1.165, 1.54) is 12.0 Å². The van der Waals surface area contributed by atoms with Crippen LogP contribution in [0.3, 0.4) is 0 Å². The van der Waals surface area contributed by atoms with Crippen LogP contribution in [0.5, 0.6) is 0 Å². The standard InChI is InChI=1S/C12H11ClN2.C3H8/c1-2-9-5-3-4-6-10(9)11-12(13)15-8-7-14-11;1-3-2/h3-8H,2H2,1H3;3H2,1-2H3. The van der Waals surface area contributed by atoms with E-state index in [1.807, 2.05) is 18.2 Å². The van der Waals surface area contributed by atoms with Gasteiger partial charge < -0.3 is 0 Å². The van der Waals surface area contributed by atoms with E-state index in [1.54, 1.807) is 12.4 Å². The number of halogens is 1. The Labute approximate surface area is 114 Å². The van der Waals surface area contributed by atoms with Crippen molar-refractivity contribution in [1.82, 2.24) is 9.97 Å². The largest absolute Gasteiger partial charge is 0.251 e. The molecule has 1 aromatic heterocycles. The molecule has 18 heavy (non-hydrogen) atoms. The van der Waals surface area contributed by atoms with E-state index in [0.717, 1.165) is 17.7 Å². The number of benzene rings is 1. The van der Waals surface area contributed by atoms with Gasteiger partial charge in [0.1, 0.15) is 5.69 Å². The molecule has 1 aromatic carbocycles. The van der Waals surface area contributed by atoms with Crippen molar-refractivity contribution < 1.29 is 0 Å². The lowest BCUT2D eigenvalue weighted by molar-refractivity contribution is 1.09. The average molecular weight is 263 g/mol. The van der Waals surface area contributed by atoms with Crippen molar-refractivity contribution in [1.29, 1.82) is 0 Å². The first-order valence-electron chi connectivity index (χ1n) is 6.29. The zero-order chi connectivity index (χ0) is 13.4.